The Morgan fingerprint density at radius 2 is 1.88 bits per heavy atom. The highest BCUT2D eigenvalue weighted by molar-refractivity contribution is 5.86. The van der Waals surface area contributed by atoms with E-state index in [1.807, 2.05) is 13.8 Å². The molecule has 1 amide bonds. The van der Waals surface area contributed by atoms with Crippen LogP contribution >= 0.6 is 0 Å². The molecule has 0 aliphatic carbocycles. The molecule has 0 bridgehead atoms. The fourth-order valence-corrected chi connectivity index (χ4v) is 1.17. The number of hydrogen-bond donors (Lipinski definition) is 2. The SMILES string of the molecule is CCN(CC)C(=O)CN/C=C\C=C(/C)C(=O)O. The number of likely N-dealkylation sites (N-methyl/N-ethyl adjacent to an activating group) is 1. The molecule has 5 heteroatoms. The molecule has 0 heterocycles. The first-order valence-corrected chi connectivity index (χ1v) is 5.60. The molecule has 0 aromatic rings. The van der Waals surface area contributed by atoms with E-state index < -0.39 is 5.97 Å². The lowest BCUT2D eigenvalue weighted by atomic mass is 10.3. The first-order valence-electron chi connectivity index (χ1n) is 5.60. The molecular weight excluding hydrogens is 220 g/mol. The first kappa shape index (κ1) is 15.2. The minimum atomic E-state index is -0.950. The van der Waals surface area contributed by atoms with Gasteiger partial charge in [-0.3, -0.25) is 4.79 Å². The van der Waals surface area contributed by atoms with E-state index >= 15 is 0 Å². The summed E-state index contributed by atoms with van der Waals surface area (Å²) in [6.07, 6.45) is 4.60. The third kappa shape index (κ3) is 6.40. The number of carboxylic acid groups (broad SMARTS) is 1. The van der Waals surface area contributed by atoms with Crippen LogP contribution in [0.4, 0.5) is 0 Å². The van der Waals surface area contributed by atoms with Crippen molar-refractivity contribution in [3.8, 4) is 0 Å². The second-order valence-corrected chi connectivity index (χ2v) is 3.46. The summed E-state index contributed by atoms with van der Waals surface area (Å²) in [7, 11) is 0. The molecule has 17 heavy (non-hydrogen) atoms. The van der Waals surface area contributed by atoms with Crippen molar-refractivity contribution in [2.24, 2.45) is 0 Å². The Morgan fingerprint density at radius 1 is 1.29 bits per heavy atom. The van der Waals surface area contributed by atoms with Gasteiger partial charge in [-0.05, 0) is 33.0 Å². The van der Waals surface area contributed by atoms with Crippen molar-refractivity contribution in [3.63, 3.8) is 0 Å². The molecule has 0 saturated heterocycles. The minimum Gasteiger partial charge on any atom is -0.478 e. The predicted octanol–water partition coefficient (Wildman–Crippen LogP) is 0.989. The van der Waals surface area contributed by atoms with Gasteiger partial charge in [0.2, 0.25) is 5.91 Å². The number of carbonyl (C=O) groups is 2. The highest BCUT2D eigenvalue weighted by Crippen LogP contribution is 1.91. The van der Waals surface area contributed by atoms with Crippen LogP contribution in [0.3, 0.4) is 0 Å². The molecule has 0 rings (SSSR count). The topological polar surface area (TPSA) is 69.6 Å². The number of amides is 1. The van der Waals surface area contributed by atoms with Crippen LogP contribution in [-0.2, 0) is 9.59 Å². The molecule has 0 aromatic heterocycles. The molecule has 0 saturated carbocycles. The molecule has 96 valence electrons. The van der Waals surface area contributed by atoms with Crippen LogP contribution in [0.2, 0.25) is 0 Å². The van der Waals surface area contributed by atoms with Gasteiger partial charge in [0, 0.05) is 18.7 Å². The number of aliphatic carboxylic acids is 1. The third-order valence-electron chi connectivity index (χ3n) is 2.27. The Hall–Kier alpha value is -1.78. The Labute approximate surface area is 102 Å². The van der Waals surface area contributed by atoms with E-state index in [0.29, 0.717) is 13.1 Å². The lowest BCUT2D eigenvalue weighted by Gasteiger charge is -2.18. The van der Waals surface area contributed by atoms with Gasteiger partial charge in [0.25, 0.3) is 0 Å². The quantitative estimate of drug-likeness (QED) is 0.514. The van der Waals surface area contributed by atoms with Gasteiger partial charge in [-0.2, -0.15) is 0 Å². The van der Waals surface area contributed by atoms with Crippen molar-refractivity contribution >= 4 is 11.9 Å². The van der Waals surface area contributed by atoms with Crippen molar-refractivity contribution in [2.75, 3.05) is 19.6 Å². The van der Waals surface area contributed by atoms with Gasteiger partial charge in [0.05, 0.1) is 6.54 Å². The summed E-state index contributed by atoms with van der Waals surface area (Å²) in [5.41, 5.74) is 0.248. The van der Waals surface area contributed by atoms with Crippen molar-refractivity contribution in [1.82, 2.24) is 10.2 Å². The Morgan fingerprint density at radius 3 is 2.35 bits per heavy atom. The number of nitrogens with zero attached hydrogens (tertiary/aromatic N) is 1. The number of nitrogens with one attached hydrogen (secondary N) is 1. The summed E-state index contributed by atoms with van der Waals surface area (Å²) in [4.78, 5) is 23.7. The molecular formula is C12H20N2O3. The molecule has 0 aliphatic heterocycles. The van der Waals surface area contributed by atoms with Gasteiger partial charge in [-0.15, -0.1) is 0 Å². The normalized spacial score (nSPS) is 11.6. The standard InChI is InChI=1S/C12H20N2O3/c1-4-14(5-2)11(15)9-13-8-6-7-10(3)12(16)17/h6-8,13H,4-5,9H2,1-3H3,(H,16,17)/b8-6-,10-7+. The minimum absolute atomic E-state index is 0.0265. The Bertz CT molecular complexity index is 318. The van der Waals surface area contributed by atoms with Crippen LogP contribution in [0.25, 0.3) is 0 Å². The van der Waals surface area contributed by atoms with E-state index in [1.54, 1.807) is 17.2 Å². The number of carbonyl (C=O) groups excluding carboxylic acids is 1. The molecule has 2 N–H and O–H groups in total. The van der Waals surface area contributed by atoms with Crippen molar-refractivity contribution in [3.05, 3.63) is 23.9 Å². The van der Waals surface area contributed by atoms with Gasteiger partial charge < -0.3 is 15.3 Å². The maximum Gasteiger partial charge on any atom is 0.331 e. The molecule has 0 fully saturated rings. The molecule has 0 aromatic carbocycles. The number of allylic oxidation sites excluding steroid dienone is 2. The highest BCUT2D eigenvalue weighted by Gasteiger charge is 2.06. The van der Waals surface area contributed by atoms with Crippen LogP contribution in [0.1, 0.15) is 20.8 Å². The molecule has 0 atom stereocenters. The summed E-state index contributed by atoms with van der Waals surface area (Å²) in [5, 5.41) is 11.4. The number of rotatable bonds is 7. The second-order valence-electron chi connectivity index (χ2n) is 3.46. The van der Waals surface area contributed by atoms with Crippen LogP contribution in [0, 0.1) is 0 Å². The van der Waals surface area contributed by atoms with Crippen LogP contribution in [-0.4, -0.2) is 41.5 Å². The Balaban J connectivity index is 3.99. The van der Waals surface area contributed by atoms with Gasteiger partial charge in [-0.1, -0.05) is 6.08 Å². The fourth-order valence-electron chi connectivity index (χ4n) is 1.17. The van der Waals surface area contributed by atoms with E-state index in [2.05, 4.69) is 5.32 Å². The monoisotopic (exact) mass is 240 g/mol. The van der Waals surface area contributed by atoms with Gasteiger partial charge in [0.15, 0.2) is 0 Å². The summed E-state index contributed by atoms with van der Waals surface area (Å²) in [6, 6.07) is 0. The van der Waals surface area contributed by atoms with E-state index in [0.717, 1.165) is 0 Å². The zero-order chi connectivity index (χ0) is 13.3. The van der Waals surface area contributed by atoms with Gasteiger partial charge in [-0.25, -0.2) is 4.79 Å². The zero-order valence-corrected chi connectivity index (χ0v) is 10.6. The summed E-state index contributed by atoms with van der Waals surface area (Å²) < 4.78 is 0. The van der Waals surface area contributed by atoms with E-state index in [4.69, 9.17) is 5.11 Å². The van der Waals surface area contributed by atoms with Gasteiger partial charge >= 0.3 is 5.97 Å². The zero-order valence-electron chi connectivity index (χ0n) is 10.6. The third-order valence-corrected chi connectivity index (χ3v) is 2.27. The molecule has 0 radical (unpaired) electrons. The molecule has 5 nitrogen and oxygen atoms in total. The van der Waals surface area contributed by atoms with Crippen molar-refractivity contribution in [1.29, 1.82) is 0 Å². The largest absolute Gasteiger partial charge is 0.478 e. The molecule has 0 unspecified atom stereocenters. The van der Waals surface area contributed by atoms with Gasteiger partial charge in [0.1, 0.15) is 0 Å². The van der Waals surface area contributed by atoms with Crippen LogP contribution < -0.4 is 5.32 Å². The summed E-state index contributed by atoms with van der Waals surface area (Å²) in [6.45, 7) is 6.97. The first-order chi connectivity index (χ1) is 8.02. The van der Waals surface area contributed by atoms with Crippen molar-refractivity contribution < 1.29 is 14.7 Å². The average Bonchev–Trinajstić information content (AvgIpc) is 2.29. The predicted molar refractivity (Wildman–Crippen MR) is 66.5 cm³/mol. The maximum absolute atomic E-state index is 11.5. The number of hydrogen-bond acceptors (Lipinski definition) is 3. The molecule has 0 aliphatic rings. The Kier molecular flexibility index (Phi) is 7.50. The smallest absolute Gasteiger partial charge is 0.331 e. The second kappa shape index (κ2) is 8.38. The lowest BCUT2D eigenvalue weighted by Crippen LogP contribution is -2.36. The highest BCUT2D eigenvalue weighted by atomic mass is 16.4. The average molecular weight is 240 g/mol. The summed E-state index contributed by atoms with van der Waals surface area (Å²) in [5.74, 6) is -0.924. The number of carboxylic acids is 1. The molecule has 0 spiro atoms. The van der Waals surface area contributed by atoms with Crippen LogP contribution in [0.5, 0.6) is 0 Å². The maximum atomic E-state index is 11.5. The summed E-state index contributed by atoms with van der Waals surface area (Å²) >= 11 is 0. The van der Waals surface area contributed by atoms with Crippen LogP contribution in [0.15, 0.2) is 23.9 Å². The van der Waals surface area contributed by atoms with Crippen molar-refractivity contribution in [2.45, 2.75) is 20.8 Å². The lowest BCUT2D eigenvalue weighted by molar-refractivity contribution is -0.132. The van der Waals surface area contributed by atoms with E-state index in [-0.39, 0.29) is 18.0 Å². The van der Waals surface area contributed by atoms with E-state index in [1.165, 1.54) is 13.0 Å². The fraction of sp³-hybridized carbons (Fsp3) is 0.500. The van der Waals surface area contributed by atoms with E-state index in [9.17, 15) is 9.59 Å².